The Labute approximate surface area is 199 Å². The number of rotatable bonds is 8. The van der Waals surface area contributed by atoms with Crippen LogP contribution in [0.15, 0.2) is 48.5 Å². The average molecular weight is 557 g/mol. The highest BCUT2D eigenvalue weighted by atomic mass is 127. The van der Waals surface area contributed by atoms with Gasteiger partial charge in [-0.3, -0.25) is 14.4 Å². The summed E-state index contributed by atoms with van der Waals surface area (Å²) >= 11 is 8.07. The molecule has 1 aliphatic heterocycles. The Morgan fingerprint density at radius 2 is 1.74 bits per heavy atom. The molecule has 0 radical (unpaired) electrons. The molecule has 1 heterocycles. The summed E-state index contributed by atoms with van der Waals surface area (Å²) in [7, 11) is 2.91. The molecule has 0 bridgehead atoms. The van der Waals surface area contributed by atoms with Gasteiger partial charge in [-0.2, -0.15) is 0 Å². The normalized spacial score (nSPS) is 16.3. The number of methoxy groups -OCH3 is 2. The van der Waals surface area contributed by atoms with Gasteiger partial charge in [0.2, 0.25) is 11.8 Å². The summed E-state index contributed by atoms with van der Waals surface area (Å²) in [5.41, 5.74) is 1.23. The van der Waals surface area contributed by atoms with E-state index in [-0.39, 0.29) is 31.2 Å². The molecular weight excluding hydrogens is 535 g/mol. The van der Waals surface area contributed by atoms with E-state index < -0.39 is 18.2 Å². The summed E-state index contributed by atoms with van der Waals surface area (Å²) < 4.78 is 11.5. The van der Waals surface area contributed by atoms with Crippen LogP contribution in [0.25, 0.3) is 0 Å². The number of carbonyl (C=O) groups is 3. The van der Waals surface area contributed by atoms with Crippen molar-refractivity contribution in [3.8, 4) is 0 Å². The van der Waals surface area contributed by atoms with E-state index in [9.17, 15) is 14.4 Å². The Kier molecular flexibility index (Phi) is 8.04. The summed E-state index contributed by atoms with van der Waals surface area (Å²) in [6.45, 7) is 0.0175. The third-order valence-electron chi connectivity index (χ3n) is 5.04. The Balaban J connectivity index is 1.86. The molecule has 0 aliphatic carbocycles. The molecule has 2 aromatic rings. The topological polar surface area (TPSA) is 76.2 Å². The van der Waals surface area contributed by atoms with Gasteiger partial charge in [0, 0.05) is 22.8 Å². The van der Waals surface area contributed by atoms with E-state index >= 15 is 0 Å². The van der Waals surface area contributed by atoms with Crippen molar-refractivity contribution in [2.75, 3.05) is 25.7 Å². The molecule has 1 saturated heterocycles. The van der Waals surface area contributed by atoms with Gasteiger partial charge in [0.1, 0.15) is 6.04 Å². The minimum absolute atomic E-state index is 0.0175. The number of hydrogen-bond donors (Lipinski definition) is 0. The van der Waals surface area contributed by atoms with Gasteiger partial charge in [0.05, 0.1) is 25.1 Å². The van der Waals surface area contributed by atoms with Crippen molar-refractivity contribution >= 4 is 57.6 Å². The van der Waals surface area contributed by atoms with Crippen molar-refractivity contribution in [2.45, 2.75) is 25.2 Å². The Hall–Kier alpha value is -2.01. The predicted molar refractivity (Wildman–Crippen MR) is 125 cm³/mol. The largest absolute Gasteiger partial charge is 0.354 e. The SMILES string of the molecule is COC(CN(C(=O)Cc1ccc(Cl)cc1)C1CC(=O)N(c2ccc(I)cc2)C1=O)OC. The lowest BCUT2D eigenvalue weighted by molar-refractivity contribution is -0.152. The van der Waals surface area contributed by atoms with Crippen LogP contribution in [0.4, 0.5) is 5.69 Å². The number of carbonyl (C=O) groups excluding carboxylic acids is 3. The third kappa shape index (κ3) is 5.62. The molecule has 9 heteroatoms. The van der Waals surface area contributed by atoms with Crippen molar-refractivity contribution in [2.24, 2.45) is 0 Å². The van der Waals surface area contributed by atoms with E-state index in [0.29, 0.717) is 10.7 Å². The lowest BCUT2D eigenvalue weighted by Gasteiger charge is -2.30. The fourth-order valence-electron chi connectivity index (χ4n) is 3.41. The lowest BCUT2D eigenvalue weighted by Crippen LogP contribution is -2.49. The summed E-state index contributed by atoms with van der Waals surface area (Å²) in [5.74, 6) is -1.11. The van der Waals surface area contributed by atoms with Crippen LogP contribution in [-0.4, -0.2) is 55.7 Å². The zero-order valence-electron chi connectivity index (χ0n) is 17.1. The molecule has 7 nitrogen and oxygen atoms in total. The quantitative estimate of drug-likeness (QED) is 0.284. The molecule has 1 unspecified atom stereocenters. The molecule has 1 fully saturated rings. The maximum absolute atomic E-state index is 13.2. The van der Waals surface area contributed by atoms with Crippen LogP contribution < -0.4 is 4.90 Å². The number of anilines is 1. The summed E-state index contributed by atoms with van der Waals surface area (Å²) in [6.07, 6.45) is -0.778. The zero-order valence-corrected chi connectivity index (χ0v) is 20.0. The minimum atomic E-state index is -0.931. The van der Waals surface area contributed by atoms with E-state index in [1.165, 1.54) is 19.1 Å². The number of imide groups is 1. The number of nitrogens with zero attached hydrogens (tertiary/aromatic N) is 2. The van der Waals surface area contributed by atoms with Crippen LogP contribution in [0.1, 0.15) is 12.0 Å². The highest BCUT2D eigenvalue weighted by molar-refractivity contribution is 14.1. The number of hydrogen-bond acceptors (Lipinski definition) is 5. The van der Waals surface area contributed by atoms with Crippen molar-refractivity contribution < 1.29 is 23.9 Å². The van der Waals surface area contributed by atoms with Crippen LogP contribution in [-0.2, 0) is 30.3 Å². The molecule has 0 aromatic heterocycles. The van der Waals surface area contributed by atoms with E-state index in [4.69, 9.17) is 21.1 Å². The molecule has 3 rings (SSSR count). The smallest absolute Gasteiger partial charge is 0.257 e. The number of ether oxygens (including phenoxy) is 2. The molecule has 0 spiro atoms. The maximum atomic E-state index is 13.2. The van der Waals surface area contributed by atoms with Crippen molar-refractivity contribution in [1.82, 2.24) is 4.90 Å². The van der Waals surface area contributed by atoms with Crippen LogP contribution in [0.3, 0.4) is 0 Å². The van der Waals surface area contributed by atoms with Gasteiger partial charge in [-0.25, -0.2) is 4.90 Å². The number of halogens is 2. The Morgan fingerprint density at radius 1 is 1.13 bits per heavy atom. The van der Waals surface area contributed by atoms with Crippen molar-refractivity contribution in [3.63, 3.8) is 0 Å². The molecule has 0 saturated carbocycles. The highest BCUT2D eigenvalue weighted by Gasteiger charge is 2.44. The third-order valence-corrected chi connectivity index (χ3v) is 6.02. The molecule has 1 atom stereocenters. The van der Waals surface area contributed by atoms with E-state index in [1.807, 2.05) is 12.1 Å². The van der Waals surface area contributed by atoms with E-state index in [0.717, 1.165) is 14.0 Å². The second-order valence-electron chi connectivity index (χ2n) is 7.01. The fraction of sp³-hybridized carbons (Fsp3) is 0.318. The second-order valence-corrected chi connectivity index (χ2v) is 8.70. The molecule has 2 aromatic carbocycles. The minimum Gasteiger partial charge on any atom is -0.354 e. The van der Waals surface area contributed by atoms with Gasteiger partial charge in [-0.05, 0) is 64.6 Å². The van der Waals surface area contributed by atoms with Gasteiger partial charge in [-0.1, -0.05) is 23.7 Å². The van der Waals surface area contributed by atoms with Crippen LogP contribution in [0.2, 0.25) is 5.02 Å². The zero-order chi connectivity index (χ0) is 22.5. The monoisotopic (exact) mass is 556 g/mol. The Morgan fingerprint density at radius 3 is 2.32 bits per heavy atom. The first-order valence-electron chi connectivity index (χ1n) is 9.56. The molecule has 3 amide bonds. The molecule has 31 heavy (non-hydrogen) atoms. The van der Waals surface area contributed by atoms with E-state index in [1.54, 1.807) is 36.4 Å². The first kappa shape index (κ1) is 23.6. The predicted octanol–water partition coefficient (Wildman–Crippen LogP) is 3.27. The number of benzene rings is 2. The van der Waals surface area contributed by atoms with Gasteiger partial charge >= 0.3 is 0 Å². The molecule has 164 valence electrons. The molecule has 1 aliphatic rings. The van der Waals surface area contributed by atoms with Crippen molar-refractivity contribution in [3.05, 3.63) is 62.7 Å². The standard InChI is InChI=1S/C22H22ClIN2O5/c1-30-21(31-2)13-25(19(27)11-14-3-5-15(23)6-4-14)18-12-20(28)26(22(18)29)17-9-7-16(24)8-10-17/h3-10,18,21H,11-13H2,1-2H3. The van der Waals surface area contributed by atoms with Gasteiger partial charge in [0.25, 0.3) is 5.91 Å². The maximum Gasteiger partial charge on any atom is 0.257 e. The summed E-state index contributed by atoms with van der Waals surface area (Å²) in [6, 6.07) is 13.0. The van der Waals surface area contributed by atoms with Gasteiger partial charge in [-0.15, -0.1) is 0 Å². The van der Waals surface area contributed by atoms with Crippen LogP contribution in [0.5, 0.6) is 0 Å². The van der Waals surface area contributed by atoms with Gasteiger partial charge < -0.3 is 14.4 Å². The fourth-order valence-corrected chi connectivity index (χ4v) is 3.89. The van der Waals surface area contributed by atoms with Gasteiger partial charge in [0.15, 0.2) is 6.29 Å². The van der Waals surface area contributed by atoms with Crippen molar-refractivity contribution in [1.29, 1.82) is 0 Å². The van der Waals surface area contributed by atoms with Crippen LogP contribution >= 0.6 is 34.2 Å². The average Bonchev–Trinajstić information content (AvgIpc) is 3.05. The van der Waals surface area contributed by atoms with E-state index in [2.05, 4.69) is 22.6 Å². The highest BCUT2D eigenvalue weighted by Crippen LogP contribution is 2.27. The first-order chi connectivity index (χ1) is 14.8. The summed E-state index contributed by atoms with van der Waals surface area (Å²) in [5, 5.41) is 0.566. The Bertz CT molecular complexity index is 947. The summed E-state index contributed by atoms with van der Waals surface area (Å²) in [4.78, 5) is 41.6. The number of amides is 3. The molecule has 0 N–H and O–H groups in total. The molecular formula is C22H22ClIN2O5. The lowest BCUT2D eigenvalue weighted by atomic mass is 10.1. The van der Waals surface area contributed by atoms with Crippen LogP contribution in [0, 0.1) is 3.57 Å². The first-order valence-corrected chi connectivity index (χ1v) is 11.0. The second kappa shape index (κ2) is 10.5.